The lowest BCUT2D eigenvalue weighted by molar-refractivity contribution is -0.123. The first-order valence-corrected chi connectivity index (χ1v) is 4.92. The molecule has 0 aliphatic carbocycles. The average Bonchev–Trinajstić information content (AvgIpc) is 2.20. The Morgan fingerprint density at radius 3 is 2.33 bits per heavy atom. The van der Waals surface area contributed by atoms with Crippen molar-refractivity contribution in [1.82, 2.24) is 0 Å². The third-order valence-corrected chi connectivity index (χ3v) is 2.44. The molecule has 0 heterocycles. The van der Waals surface area contributed by atoms with Crippen LogP contribution in [0.1, 0.15) is 32.3 Å². The SMILES string of the molecule is CC(C)C(=O)C(C)c1cccc(F)c1F. The Hall–Kier alpha value is -1.25. The van der Waals surface area contributed by atoms with Crippen molar-refractivity contribution < 1.29 is 13.6 Å². The monoisotopic (exact) mass is 212 g/mol. The zero-order valence-corrected chi connectivity index (χ0v) is 9.05. The molecule has 1 aromatic carbocycles. The van der Waals surface area contributed by atoms with Gasteiger partial charge in [0.2, 0.25) is 0 Å². The molecule has 1 nitrogen and oxygen atoms in total. The van der Waals surface area contributed by atoms with E-state index < -0.39 is 17.6 Å². The van der Waals surface area contributed by atoms with Crippen LogP contribution in [0, 0.1) is 17.6 Å². The van der Waals surface area contributed by atoms with Crippen LogP contribution in [0.3, 0.4) is 0 Å². The zero-order valence-electron chi connectivity index (χ0n) is 9.05. The normalized spacial score (nSPS) is 12.9. The zero-order chi connectivity index (χ0) is 11.6. The summed E-state index contributed by atoms with van der Waals surface area (Å²) >= 11 is 0. The molecule has 1 aromatic rings. The third kappa shape index (κ3) is 2.41. The minimum atomic E-state index is -0.918. The predicted molar refractivity (Wildman–Crippen MR) is 54.6 cm³/mol. The summed E-state index contributed by atoms with van der Waals surface area (Å²) in [6.45, 7) is 5.09. The summed E-state index contributed by atoms with van der Waals surface area (Å²) < 4.78 is 26.3. The van der Waals surface area contributed by atoms with Crippen LogP contribution in [0.15, 0.2) is 18.2 Å². The van der Waals surface area contributed by atoms with Crippen LogP contribution in [0.5, 0.6) is 0 Å². The molecule has 0 saturated carbocycles. The molecule has 0 fully saturated rings. The van der Waals surface area contributed by atoms with Crippen molar-refractivity contribution in [2.45, 2.75) is 26.7 Å². The number of rotatable bonds is 3. The molecule has 0 bridgehead atoms. The standard InChI is InChI=1S/C12H14F2O/c1-7(2)12(15)8(3)9-5-4-6-10(13)11(9)14/h4-8H,1-3H3. The first kappa shape index (κ1) is 11.8. The predicted octanol–water partition coefficient (Wildman–Crippen LogP) is 3.29. The molecule has 3 heteroatoms. The fourth-order valence-electron chi connectivity index (χ4n) is 1.51. The summed E-state index contributed by atoms with van der Waals surface area (Å²) in [5, 5.41) is 0. The largest absolute Gasteiger partial charge is 0.299 e. The lowest BCUT2D eigenvalue weighted by Gasteiger charge is -2.14. The van der Waals surface area contributed by atoms with Gasteiger partial charge in [0.1, 0.15) is 5.78 Å². The fourth-order valence-corrected chi connectivity index (χ4v) is 1.51. The van der Waals surface area contributed by atoms with Crippen molar-refractivity contribution in [3.63, 3.8) is 0 Å². The number of carbonyl (C=O) groups excluding carboxylic acids is 1. The van der Waals surface area contributed by atoms with E-state index in [1.807, 2.05) is 0 Å². The van der Waals surface area contributed by atoms with E-state index >= 15 is 0 Å². The lowest BCUT2D eigenvalue weighted by atomic mass is 9.90. The molecular formula is C12H14F2O. The van der Waals surface area contributed by atoms with Gasteiger partial charge in [-0.3, -0.25) is 4.79 Å². The number of benzene rings is 1. The molecule has 0 radical (unpaired) electrons. The van der Waals surface area contributed by atoms with Gasteiger partial charge in [-0.2, -0.15) is 0 Å². The lowest BCUT2D eigenvalue weighted by Crippen LogP contribution is -2.16. The van der Waals surface area contributed by atoms with Crippen LogP contribution in [0.4, 0.5) is 8.78 Å². The molecule has 0 aliphatic rings. The van der Waals surface area contributed by atoms with E-state index in [9.17, 15) is 13.6 Å². The van der Waals surface area contributed by atoms with Crippen LogP contribution >= 0.6 is 0 Å². The van der Waals surface area contributed by atoms with E-state index in [1.165, 1.54) is 12.1 Å². The second-order valence-corrected chi connectivity index (χ2v) is 3.92. The van der Waals surface area contributed by atoms with Crippen LogP contribution in [0.2, 0.25) is 0 Å². The van der Waals surface area contributed by atoms with Gasteiger partial charge in [0.05, 0.1) is 0 Å². The fraction of sp³-hybridized carbons (Fsp3) is 0.417. The summed E-state index contributed by atoms with van der Waals surface area (Å²) in [4.78, 5) is 11.6. The molecule has 0 aromatic heterocycles. The molecule has 0 N–H and O–H groups in total. The molecule has 0 saturated heterocycles. The highest BCUT2D eigenvalue weighted by Gasteiger charge is 2.22. The van der Waals surface area contributed by atoms with Gasteiger partial charge < -0.3 is 0 Å². The summed E-state index contributed by atoms with van der Waals surface area (Å²) in [7, 11) is 0. The molecule has 0 amide bonds. The Balaban J connectivity index is 3.06. The maximum absolute atomic E-state index is 13.3. The molecule has 0 spiro atoms. The van der Waals surface area contributed by atoms with Crippen molar-refractivity contribution in [1.29, 1.82) is 0 Å². The first-order chi connectivity index (χ1) is 6.95. The topological polar surface area (TPSA) is 17.1 Å². The molecule has 0 aliphatic heterocycles. The number of ketones is 1. The van der Waals surface area contributed by atoms with Gasteiger partial charge in [-0.25, -0.2) is 8.78 Å². The summed E-state index contributed by atoms with van der Waals surface area (Å²) in [6.07, 6.45) is 0. The van der Waals surface area contributed by atoms with Crippen molar-refractivity contribution >= 4 is 5.78 Å². The second kappa shape index (κ2) is 4.51. The Kier molecular flexibility index (Phi) is 3.56. The van der Waals surface area contributed by atoms with Crippen molar-refractivity contribution in [3.05, 3.63) is 35.4 Å². The molecule has 82 valence electrons. The first-order valence-electron chi connectivity index (χ1n) is 4.92. The summed E-state index contributed by atoms with van der Waals surface area (Å²) in [5.41, 5.74) is 0.133. The quantitative estimate of drug-likeness (QED) is 0.751. The number of carbonyl (C=O) groups is 1. The van der Waals surface area contributed by atoms with Crippen LogP contribution in [-0.4, -0.2) is 5.78 Å². The number of hydrogen-bond acceptors (Lipinski definition) is 1. The molecular weight excluding hydrogens is 198 g/mol. The Morgan fingerprint density at radius 2 is 1.80 bits per heavy atom. The van der Waals surface area contributed by atoms with E-state index in [0.29, 0.717) is 0 Å². The number of hydrogen-bond donors (Lipinski definition) is 0. The van der Waals surface area contributed by atoms with Crippen LogP contribution < -0.4 is 0 Å². The number of Topliss-reactive ketones (excluding diaryl/α,β-unsaturated/α-hetero) is 1. The molecule has 1 unspecified atom stereocenters. The molecule has 1 rings (SSSR count). The maximum atomic E-state index is 13.3. The summed E-state index contributed by atoms with van der Waals surface area (Å²) in [6, 6.07) is 3.91. The van der Waals surface area contributed by atoms with Crippen LogP contribution in [0.25, 0.3) is 0 Å². The molecule has 15 heavy (non-hydrogen) atoms. The van der Waals surface area contributed by atoms with E-state index in [1.54, 1.807) is 20.8 Å². The third-order valence-electron chi connectivity index (χ3n) is 2.44. The van der Waals surface area contributed by atoms with Gasteiger partial charge in [-0.1, -0.05) is 32.9 Å². The van der Waals surface area contributed by atoms with Crippen molar-refractivity contribution in [3.8, 4) is 0 Å². The smallest absolute Gasteiger partial charge is 0.162 e. The highest BCUT2D eigenvalue weighted by Crippen LogP contribution is 2.23. The second-order valence-electron chi connectivity index (χ2n) is 3.92. The van der Waals surface area contributed by atoms with Gasteiger partial charge in [0, 0.05) is 17.4 Å². The van der Waals surface area contributed by atoms with E-state index in [4.69, 9.17) is 0 Å². The van der Waals surface area contributed by atoms with Gasteiger partial charge >= 0.3 is 0 Å². The Morgan fingerprint density at radius 1 is 1.20 bits per heavy atom. The highest BCUT2D eigenvalue weighted by molar-refractivity contribution is 5.86. The minimum Gasteiger partial charge on any atom is -0.299 e. The van der Waals surface area contributed by atoms with Gasteiger partial charge in [0.15, 0.2) is 11.6 Å². The van der Waals surface area contributed by atoms with Gasteiger partial charge in [-0.05, 0) is 6.07 Å². The molecule has 1 atom stereocenters. The highest BCUT2D eigenvalue weighted by atomic mass is 19.2. The Bertz CT molecular complexity index is 372. The van der Waals surface area contributed by atoms with E-state index in [-0.39, 0.29) is 17.3 Å². The van der Waals surface area contributed by atoms with Gasteiger partial charge in [-0.15, -0.1) is 0 Å². The maximum Gasteiger partial charge on any atom is 0.162 e. The van der Waals surface area contributed by atoms with Crippen molar-refractivity contribution in [2.75, 3.05) is 0 Å². The number of halogens is 2. The van der Waals surface area contributed by atoms with E-state index in [2.05, 4.69) is 0 Å². The average molecular weight is 212 g/mol. The van der Waals surface area contributed by atoms with Gasteiger partial charge in [0.25, 0.3) is 0 Å². The summed E-state index contributed by atoms with van der Waals surface area (Å²) in [5.74, 6) is -2.68. The van der Waals surface area contributed by atoms with Crippen LogP contribution in [-0.2, 0) is 4.79 Å². The minimum absolute atomic E-state index is 0.0838. The van der Waals surface area contributed by atoms with E-state index in [0.717, 1.165) is 6.07 Å². The Labute approximate surface area is 88.1 Å². The van der Waals surface area contributed by atoms with Crippen molar-refractivity contribution in [2.24, 2.45) is 5.92 Å².